The molecule has 0 aliphatic carbocycles. The number of anilines is 1. The third-order valence-electron chi connectivity index (χ3n) is 9.23. The van der Waals surface area contributed by atoms with Gasteiger partial charge in [0.1, 0.15) is 0 Å². The first kappa shape index (κ1) is 29.0. The van der Waals surface area contributed by atoms with Crippen LogP contribution in [0.3, 0.4) is 0 Å². The van der Waals surface area contributed by atoms with Crippen LogP contribution in [0.15, 0.2) is 71.6 Å². The van der Waals surface area contributed by atoms with Crippen molar-refractivity contribution in [3.05, 3.63) is 93.8 Å². The van der Waals surface area contributed by atoms with E-state index >= 15 is 0 Å². The van der Waals surface area contributed by atoms with Crippen molar-refractivity contribution >= 4 is 22.6 Å². The van der Waals surface area contributed by atoms with Crippen LogP contribution >= 0.6 is 0 Å². The van der Waals surface area contributed by atoms with Gasteiger partial charge in [0.25, 0.3) is 0 Å². The van der Waals surface area contributed by atoms with Gasteiger partial charge in [-0.05, 0) is 74.6 Å². The van der Waals surface area contributed by atoms with Gasteiger partial charge in [-0.2, -0.15) is 0 Å². The van der Waals surface area contributed by atoms with Crippen LogP contribution in [0.2, 0.25) is 0 Å². The second-order valence-electron chi connectivity index (χ2n) is 12.2. The Morgan fingerprint density at radius 1 is 1.09 bits per heavy atom. The number of hydrogen-bond donors (Lipinski definition) is 2. The van der Waals surface area contributed by atoms with Crippen molar-refractivity contribution in [3.63, 3.8) is 0 Å². The smallest absolute Gasteiger partial charge is 0.306 e. The summed E-state index contributed by atoms with van der Waals surface area (Å²) in [5.41, 5.74) is 6.24. The fourth-order valence-electron chi connectivity index (χ4n) is 6.85. The van der Waals surface area contributed by atoms with E-state index in [1.54, 1.807) is 0 Å². The van der Waals surface area contributed by atoms with Crippen LogP contribution in [0.1, 0.15) is 42.5 Å². The number of allylic oxidation sites excluding steroid dienone is 1. The van der Waals surface area contributed by atoms with Gasteiger partial charge in [-0.3, -0.25) is 19.5 Å². The quantitative estimate of drug-likeness (QED) is 0.412. The van der Waals surface area contributed by atoms with E-state index in [4.69, 9.17) is 0 Å². The Morgan fingerprint density at radius 3 is 2.67 bits per heavy atom. The first-order valence-electron chi connectivity index (χ1n) is 15.5. The monoisotopic (exact) mass is 582 g/mol. The Balaban J connectivity index is 1.27. The zero-order valence-corrected chi connectivity index (χ0v) is 25.2. The number of piperidine rings is 2. The van der Waals surface area contributed by atoms with E-state index in [-0.39, 0.29) is 11.3 Å². The molecule has 3 aromatic rings. The summed E-state index contributed by atoms with van der Waals surface area (Å²) in [4.78, 5) is 36.9. The van der Waals surface area contributed by atoms with E-state index in [0.29, 0.717) is 38.5 Å². The van der Waals surface area contributed by atoms with E-state index < -0.39 is 5.97 Å². The Labute approximate surface area is 253 Å². The van der Waals surface area contributed by atoms with E-state index in [2.05, 4.69) is 66.1 Å². The summed E-state index contributed by atoms with van der Waals surface area (Å²) < 4.78 is 2.07. The number of carboxylic acid groups (broad SMARTS) is 1. The zero-order chi connectivity index (χ0) is 29.9. The fourth-order valence-corrected chi connectivity index (χ4v) is 6.85. The molecule has 0 saturated carbocycles. The molecule has 9 nitrogen and oxygen atoms in total. The maximum Gasteiger partial charge on any atom is 0.306 e. The summed E-state index contributed by atoms with van der Waals surface area (Å²) in [6.07, 6.45) is 13.8. The van der Waals surface area contributed by atoms with Crippen LogP contribution < -0.4 is 15.6 Å². The number of fused-ring (bicyclic) bond motifs is 1. The highest BCUT2D eigenvalue weighted by Gasteiger charge is 2.28. The number of dihydropyridines is 1. The number of nitrogens with one attached hydrogen (secondary N) is 1. The third-order valence-corrected chi connectivity index (χ3v) is 9.23. The molecule has 0 radical (unpaired) electrons. The minimum Gasteiger partial charge on any atom is -0.481 e. The topological polar surface area (TPSA) is 93.9 Å². The van der Waals surface area contributed by atoms with Crippen molar-refractivity contribution in [2.45, 2.75) is 51.7 Å². The number of aromatic nitrogens is 2. The molecule has 5 heterocycles. The molecular formula is C34H42N6O3. The highest BCUT2D eigenvalue weighted by molar-refractivity contribution is 5.83. The van der Waals surface area contributed by atoms with Gasteiger partial charge in [0.2, 0.25) is 0 Å². The third kappa shape index (κ3) is 6.46. The van der Waals surface area contributed by atoms with Crippen LogP contribution in [0.5, 0.6) is 0 Å². The van der Waals surface area contributed by atoms with Crippen LogP contribution in [-0.4, -0.2) is 69.2 Å². The lowest BCUT2D eigenvalue weighted by Crippen LogP contribution is -2.47. The molecule has 0 bridgehead atoms. The second-order valence-corrected chi connectivity index (χ2v) is 12.2. The molecule has 43 heavy (non-hydrogen) atoms. The van der Waals surface area contributed by atoms with E-state index in [1.165, 1.54) is 11.3 Å². The molecule has 3 aliphatic rings. The average molecular weight is 583 g/mol. The maximum absolute atomic E-state index is 14.0. The van der Waals surface area contributed by atoms with E-state index in [0.717, 1.165) is 66.9 Å². The van der Waals surface area contributed by atoms with Crippen LogP contribution in [0, 0.1) is 12.8 Å². The summed E-state index contributed by atoms with van der Waals surface area (Å²) in [7, 11) is 2.01. The number of aliphatic carboxylic acids is 1. The van der Waals surface area contributed by atoms with Crippen molar-refractivity contribution in [2.24, 2.45) is 13.0 Å². The molecule has 2 aromatic heterocycles. The summed E-state index contributed by atoms with van der Waals surface area (Å²) in [5.74, 6) is -0.978. The van der Waals surface area contributed by atoms with Crippen molar-refractivity contribution in [1.29, 1.82) is 0 Å². The summed E-state index contributed by atoms with van der Waals surface area (Å²) in [5, 5.41) is 13.4. The fraction of sp³-hybridized carbons (Fsp3) is 0.441. The van der Waals surface area contributed by atoms with Crippen LogP contribution in [-0.2, 0) is 24.9 Å². The molecule has 0 amide bonds. The lowest BCUT2D eigenvalue weighted by molar-refractivity contribution is -0.142. The number of aryl methyl sites for hydroxylation is 2. The predicted octanol–water partition coefficient (Wildman–Crippen LogP) is 4.01. The number of likely N-dealkylation sites (tertiary alicyclic amines) is 1. The molecule has 1 aromatic carbocycles. The molecule has 226 valence electrons. The van der Waals surface area contributed by atoms with E-state index in [1.807, 2.05) is 38.5 Å². The SMILES string of the molecule is Cc1cc(CN(Cc2cn(C)c3cc(N4CCC(C(=O)O)CC4)ccc3c2=O)[C@H]2CCCN(C3=CNCC=C3)C2)ccn1. The van der Waals surface area contributed by atoms with Gasteiger partial charge >= 0.3 is 5.97 Å². The number of carboxylic acids is 1. The van der Waals surface area contributed by atoms with Crippen molar-refractivity contribution in [3.8, 4) is 0 Å². The van der Waals surface area contributed by atoms with Gasteiger partial charge in [-0.15, -0.1) is 0 Å². The number of carbonyl (C=O) groups is 1. The zero-order valence-electron chi connectivity index (χ0n) is 25.2. The van der Waals surface area contributed by atoms with Crippen molar-refractivity contribution < 1.29 is 9.90 Å². The van der Waals surface area contributed by atoms with Crippen LogP contribution in [0.4, 0.5) is 5.69 Å². The number of nitrogens with zero attached hydrogens (tertiary/aromatic N) is 5. The normalized spacial score (nSPS) is 19.5. The van der Waals surface area contributed by atoms with Gasteiger partial charge in [-0.25, -0.2) is 0 Å². The van der Waals surface area contributed by atoms with E-state index in [9.17, 15) is 14.7 Å². The molecule has 1 atom stereocenters. The molecular weight excluding hydrogens is 540 g/mol. The molecule has 2 saturated heterocycles. The molecule has 3 aliphatic heterocycles. The minimum atomic E-state index is -0.706. The van der Waals surface area contributed by atoms with Gasteiger partial charge < -0.3 is 24.8 Å². The molecule has 6 rings (SSSR count). The summed E-state index contributed by atoms with van der Waals surface area (Å²) in [6.45, 7) is 7.57. The molecule has 0 unspecified atom stereocenters. The largest absolute Gasteiger partial charge is 0.481 e. The first-order chi connectivity index (χ1) is 20.9. The number of pyridine rings is 2. The number of rotatable bonds is 8. The highest BCUT2D eigenvalue weighted by Crippen LogP contribution is 2.28. The molecule has 9 heteroatoms. The average Bonchev–Trinajstić information content (AvgIpc) is 3.03. The lowest BCUT2D eigenvalue weighted by atomic mass is 9.96. The summed E-state index contributed by atoms with van der Waals surface area (Å²) in [6, 6.07) is 10.6. The van der Waals surface area contributed by atoms with Gasteiger partial charge in [0.05, 0.1) is 17.1 Å². The highest BCUT2D eigenvalue weighted by atomic mass is 16.4. The Morgan fingerprint density at radius 2 is 1.93 bits per heavy atom. The number of hydrogen-bond acceptors (Lipinski definition) is 7. The molecule has 2 fully saturated rings. The Hall–Kier alpha value is -4.11. The second kappa shape index (κ2) is 12.6. The van der Waals surface area contributed by atoms with Crippen molar-refractivity contribution in [1.82, 2.24) is 24.7 Å². The lowest BCUT2D eigenvalue weighted by Gasteiger charge is -2.41. The Bertz CT molecular complexity index is 1600. The maximum atomic E-state index is 14.0. The molecule has 0 spiro atoms. The van der Waals surface area contributed by atoms with Crippen LogP contribution in [0.25, 0.3) is 10.9 Å². The standard InChI is InChI=1S/C34H42N6O3/c1-24-17-25(9-13-36-24)20-40(30-6-4-14-39(23-30)29-5-3-12-35-19-29)22-27-21-37(2)32-18-28(7-8-31(32)33(27)41)38-15-10-26(11-16-38)34(42)43/h3,5,7-9,13,17-19,21,26,30,35H,4,6,10-12,14-16,20,22-23H2,1-2H3,(H,42,43)/t30-/m0/s1. The predicted molar refractivity (Wildman–Crippen MR) is 170 cm³/mol. The van der Waals surface area contributed by atoms with Gasteiger partial charge in [0.15, 0.2) is 5.43 Å². The first-order valence-corrected chi connectivity index (χ1v) is 15.5. The Kier molecular flexibility index (Phi) is 8.51. The van der Waals surface area contributed by atoms with Gasteiger partial charge in [0, 0.05) is 99.8 Å². The van der Waals surface area contributed by atoms with Crippen molar-refractivity contribution in [2.75, 3.05) is 37.6 Å². The summed E-state index contributed by atoms with van der Waals surface area (Å²) >= 11 is 0. The van der Waals surface area contributed by atoms with Gasteiger partial charge in [-0.1, -0.05) is 6.08 Å². The molecule has 2 N–H and O–H groups in total. The minimum absolute atomic E-state index is 0.0786. The number of benzene rings is 1.